The van der Waals surface area contributed by atoms with Crippen molar-refractivity contribution in [3.05, 3.63) is 46.1 Å². The maximum atomic E-state index is 13.7. The number of benzene rings is 1. The largest absolute Gasteiger partial charge is 0.459 e. The Morgan fingerprint density at radius 1 is 1.22 bits per heavy atom. The van der Waals surface area contributed by atoms with Gasteiger partial charge in [-0.3, -0.25) is 0 Å². The number of hydrogen-bond donors (Lipinski definition) is 1. The topological polar surface area (TPSA) is 25.2 Å². The lowest BCUT2D eigenvalue weighted by Crippen LogP contribution is -2.11. The molecule has 1 aromatic carbocycles. The highest BCUT2D eigenvalue weighted by Gasteiger charge is 2.15. The zero-order chi connectivity index (χ0) is 13.3. The fraction of sp³-hybridized carbons (Fsp3) is 0.231. The van der Waals surface area contributed by atoms with Crippen molar-refractivity contribution in [2.24, 2.45) is 0 Å². The number of nitrogens with one attached hydrogen (secondary N) is 1. The Hall–Kier alpha value is -1.20. The van der Waals surface area contributed by atoms with E-state index in [0.29, 0.717) is 11.5 Å². The van der Waals surface area contributed by atoms with Crippen molar-refractivity contribution < 1.29 is 13.2 Å². The zero-order valence-electron chi connectivity index (χ0n) is 9.93. The minimum Gasteiger partial charge on any atom is -0.459 e. The Kier molecular flexibility index (Phi) is 3.82. The summed E-state index contributed by atoms with van der Waals surface area (Å²) in [4.78, 5) is 0. The van der Waals surface area contributed by atoms with Crippen LogP contribution in [0, 0.1) is 11.6 Å². The summed E-state index contributed by atoms with van der Waals surface area (Å²) >= 11 is 2.94. The second-order valence-corrected chi connectivity index (χ2v) is 4.81. The molecule has 0 bridgehead atoms. The highest BCUT2D eigenvalue weighted by molar-refractivity contribution is 9.10. The molecule has 2 nitrogen and oxygen atoms in total. The van der Waals surface area contributed by atoms with E-state index in [1.54, 1.807) is 19.2 Å². The van der Waals surface area contributed by atoms with Crippen molar-refractivity contribution in [3.63, 3.8) is 0 Å². The Bertz CT molecular complexity index is 568. The fourth-order valence-electron chi connectivity index (χ4n) is 1.58. The van der Waals surface area contributed by atoms with Crippen molar-refractivity contribution in [1.29, 1.82) is 0 Å². The normalized spacial score (nSPS) is 12.7. The molecule has 0 aliphatic rings. The molecule has 0 amide bonds. The molecular formula is C13H12BrF2NO. The SMILES string of the molecule is CNC(C)c1ccc(-c2cc(F)c(Br)cc2F)o1. The van der Waals surface area contributed by atoms with Crippen molar-refractivity contribution >= 4 is 15.9 Å². The molecule has 0 radical (unpaired) electrons. The van der Waals surface area contributed by atoms with Crippen LogP contribution in [0.5, 0.6) is 0 Å². The summed E-state index contributed by atoms with van der Waals surface area (Å²) in [6, 6.07) is 5.60. The minimum absolute atomic E-state index is 0.0158. The molecule has 1 unspecified atom stereocenters. The molecule has 0 saturated heterocycles. The van der Waals surface area contributed by atoms with Crippen LogP contribution in [0.4, 0.5) is 8.78 Å². The summed E-state index contributed by atoms with van der Waals surface area (Å²) in [5.74, 6) is -0.0569. The highest BCUT2D eigenvalue weighted by Crippen LogP contribution is 2.30. The molecule has 0 aliphatic carbocycles. The first kappa shape index (κ1) is 13.2. The molecule has 0 fully saturated rings. The van der Waals surface area contributed by atoms with Crippen LogP contribution in [0.2, 0.25) is 0 Å². The first-order chi connectivity index (χ1) is 8.52. The van der Waals surface area contributed by atoms with Gasteiger partial charge in [-0.2, -0.15) is 0 Å². The van der Waals surface area contributed by atoms with Gasteiger partial charge in [-0.05, 0) is 54.2 Å². The lowest BCUT2D eigenvalue weighted by atomic mass is 10.1. The van der Waals surface area contributed by atoms with Crippen LogP contribution in [0.1, 0.15) is 18.7 Å². The Morgan fingerprint density at radius 3 is 2.61 bits per heavy atom. The second-order valence-electron chi connectivity index (χ2n) is 3.96. The van der Waals surface area contributed by atoms with E-state index in [1.165, 1.54) is 0 Å². The summed E-state index contributed by atoms with van der Waals surface area (Å²) in [5.41, 5.74) is 0.116. The number of halogens is 3. The van der Waals surface area contributed by atoms with Gasteiger partial charge < -0.3 is 9.73 Å². The Balaban J connectivity index is 2.43. The van der Waals surface area contributed by atoms with Gasteiger partial charge in [0.2, 0.25) is 0 Å². The molecule has 1 aromatic heterocycles. The Morgan fingerprint density at radius 2 is 1.94 bits per heavy atom. The summed E-state index contributed by atoms with van der Waals surface area (Å²) in [6.07, 6.45) is 0. The summed E-state index contributed by atoms with van der Waals surface area (Å²) < 4.78 is 32.8. The number of hydrogen-bond acceptors (Lipinski definition) is 2. The molecule has 5 heteroatoms. The third-order valence-electron chi connectivity index (χ3n) is 2.76. The first-order valence-corrected chi connectivity index (χ1v) is 6.24. The average Bonchev–Trinajstić information content (AvgIpc) is 2.82. The smallest absolute Gasteiger partial charge is 0.138 e. The first-order valence-electron chi connectivity index (χ1n) is 5.45. The van der Waals surface area contributed by atoms with Crippen molar-refractivity contribution in [2.45, 2.75) is 13.0 Å². The molecule has 1 atom stereocenters. The molecule has 18 heavy (non-hydrogen) atoms. The van der Waals surface area contributed by atoms with Crippen molar-refractivity contribution in [2.75, 3.05) is 7.05 Å². The monoisotopic (exact) mass is 315 g/mol. The van der Waals surface area contributed by atoms with Gasteiger partial charge in [0.05, 0.1) is 16.1 Å². The molecular weight excluding hydrogens is 304 g/mol. The van der Waals surface area contributed by atoms with Gasteiger partial charge in [-0.15, -0.1) is 0 Å². The average molecular weight is 316 g/mol. The maximum absolute atomic E-state index is 13.7. The van der Waals surface area contributed by atoms with E-state index in [-0.39, 0.29) is 16.1 Å². The van der Waals surface area contributed by atoms with Gasteiger partial charge in [0, 0.05) is 0 Å². The standard InChI is InChI=1S/C13H12BrF2NO/c1-7(17-2)12-3-4-13(18-12)8-5-11(16)9(14)6-10(8)15/h3-7,17H,1-2H3. The van der Waals surface area contributed by atoms with Crippen LogP contribution < -0.4 is 5.32 Å². The van der Waals surface area contributed by atoms with E-state index in [1.807, 2.05) is 6.92 Å². The number of furan rings is 1. The lowest BCUT2D eigenvalue weighted by molar-refractivity contribution is 0.456. The molecule has 2 aromatic rings. The van der Waals surface area contributed by atoms with Crippen LogP contribution in [0.3, 0.4) is 0 Å². The van der Waals surface area contributed by atoms with Gasteiger partial charge in [-0.25, -0.2) is 8.78 Å². The van der Waals surface area contributed by atoms with E-state index in [2.05, 4.69) is 21.2 Å². The molecule has 96 valence electrons. The molecule has 1 heterocycles. The quantitative estimate of drug-likeness (QED) is 0.856. The number of rotatable bonds is 3. The van der Waals surface area contributed by atoms with Gasteiger partial charge in [-0.1, -0.05) is 0 Å². The minimum atomic E-state index is -0.527. The van der Waals surface area contributed by atoms with Gasteiger partial charge in [0.15, 0.2) is 0 Å². The van der Waals surface area contributed by atoms with Crippen LogP contribution in [-0.4, -0.2) is 7.05 Å². The van der Waals surface area contributed by atoms with Gasteiger partial charge >= 0.3 is 0 Å². The van der Waals surface area contributed by atoms with E-state index in [0.717, 1.165) is 12.1 Å². The van der Waals surface area contributed by atoms with Crippen molar-refractivity contribution in [1.82, 2.24) is 5.32 Å². The lowest BCUT2D eigenvalue weighted by Gasteiger charge is -2.06. The van der Waals surface area contributed by atoms with E-state index in [4.69, 9.17) is 4.42 Å². The maximum Gasteiger partial charge on any atom is 0.138 e. The highest BCUT2D eigenvalue weighted by atomic mass is 79.9. The van der Waals surface area contributed by atoms with Crippen LogP contribution in [0.15, 0.2) is 33.2 Å². The summed E-state index contributed by atoms with van der Waals surface area (Å²) in [7, 11) is 1.80. The summed E-state index contributed by atoms with van der Waals surface area (Å²) in [5, 5.41) is 3.01. The second kappa shape index (κ2) is 5.20. The van der Waals surface area contributed by atoms with E-state index >= 15 is 0 Å². The molecule has 1 N–H and O–H groups in total. The van der Waals surface area contributed by atoms with Crippen LogP contribution in [-0.2, 0) is 0 Å². The molecule has 0 aliphatic heterocycles. The van der Waals surface area contributed by atoms with Gasteiger partial charge in [0.1, 0.15) is 23.2 Å². The molecule has 0 spiro atoms. The van der Waals surface area contributed by atoms with Gasteiger partial charge in [0.25, 0.3) is 0 Å². The Labute approximate surface area is 112 Å². The zero-order valence-corrected chi connectivity index (χ0v) is 11.5. The third kappa shape index (κ3) is 2.47. The van der Waals surface area contributed by atoms with Crippen LogP contribution >= 0.6 is 15.9 Å². The van der Waals surface area contributed by atoms with E-state index < -0.39 is 11.6 Å². The molecule has 2 rings (SSSR count). The van der Waals surface area contributed by atoms with E-state index in [9.17, 15) is 8.78 Å². The predicted octanol–water partition coefficient (Wildman–Crippen LogP) is 4.27. The fourth-order valence-corrected chi connectivity index (χ4v) is 1.90. The third-order valence-corrected chi connectivity index (χ3v) is 3.37. The van der Waals surface area contributed by atoms with Crippen LogP contribution in [0.25, 0.3) is 11.3 Å². The van der Waals surface area contributed by atoms with Crippen molar-refractivity contribution in [3.8, 4) is 11.3 Å². The molecule has 0 saturated carbocycles. The summed E-state index contributed by atoms with van der Waals surface area (Å²) in [6.45, 7) is 1.92. The predicted molar refractivity (Wildman–Crippen MR) is 69.2 cm³/mol.